The first-order chi connectivity index (χ1) is 15.1. The normalized spacial score (nSPS) is 18.5. The lowest BCUT2D eigenvalue weighted by Gasteiger charge is -2.33. The lowest BCUT2D eigenvalue weighted by molar-refractivity contribution is -0.137. The number of hydrogen-bond donors (Lipinski definition) is 1. The van der Waals surface area contributed by atoms with Gasteiger partial charge in [0.2, 0.25) is 17.7 Å². The maximum atomic E-state index is 12.8. The number of aromatic nitrogens is 1. The minimum absolute atomic E-state index is 0.101. The van der Waals surface area contributed by atoms with E-state index in [4.69, 9.17) is 4.52 Å². The largest absolute Gasteiger partial charge is 0.342 e. The third-order valence-electron chi connectivity index (χ3n) is 6.34. The van der Waals surface area contributed by atoms with Crippen LogP contribution in [0.3, 0.4) is 0 Å². The summed E-state index contributed by atoms with van der Waals surface area (Å²) in [4.78, 5) is 29.5. The van der Waals surface area contributed by atoms with Gasteiger partial charge in [0.15, 0.2) is 0 Å². The molecule has 0 saturated carbocycles. The topological polar surface area (TPSA) is 78.7 Å². The van der Waals surface area contributed by atoms with E-state index in [1.165, 1.54) is 18.4 Å². The Morgan fingerprint density at radius 3 is 2.39 bits per heavy atom. The lowest BCUT2D eigenvalue weighted by Crippen LogP contribution is -2.44. The highest BCUT2D eigenvalue weighted by atomic mass is 16.5. The summed E-state index contributed by atoms with van der Waals surface area (Å²) in [6, 6.07) is 9.74. The van der Waals surface area contributed by atoms with Crippen molar-refractivity contribution in [2.24, 2.45) is 5.92 Å². The Bertz CT molecular complexity index is 876. The summed E-state index contributed by atoms with van der Waals surface area (Å²) in [7, 11) is 0. The maximum absolute atomic E-state index is 12.8. The summed E-state index contributed by atoms with van der Waals surface area (Å²) in [5, 5.41) is 6.85. The molecule has 166 valence electrons. The molecule has 4 rings (SSSR count). The molecular weight excluding hydrogens is 392 g/mol. The SMILES string of the molecule is Cc1ccc(-c2cc(NC(=O)CN3CCC(C(=O)N4CCCCCC4)CC3)on2)cc1. The molecule has 2 aromatic rings. The van der Waals surface area contributed by atoms with Crippen LogP contribution < -0.4 is 5.32 Å². The monoisotopic (exact) mass is 424 g/mol. The molecule has 2 aliphatic rings. The molecule has 31 heavy (non-hydrogen) atoms. The van der Waals surface area contributed by atoms with Gasteiger partial charge in [-0.3, -0.25) is 19.8 Å². The second-order valence-corrected chi connectivity index (χ2v) is 8.78. The van der Waals surface area contributed by atoms with Crippen LogP contribution in [0, 0.1) is 12.8 Å². The lowest BCUT2D eigenvalue weighted by atomic mass is 9.95. The van der Waals surface area contributed by atoms with Gasteiger partial charge in [-0.05, 0) is 45.7 Å². The van der Waals surface area contributed by atoms with Gasteiger partial charge in [0.1, 0.15) is 5.69 Å². The van der Waals surface area contributed by atoms with E-state index in [1.54, 1.807) is 6.07 Å². The van der Waals surface area contributed by atoms with E-state index in [0.29, 0.717) is 24.0 Å². The van der Waals surface area contributed by atoms with Gasteiger partial charge in [0.05, 0.1) is 6.54 Å². The number of piperidine rings is 1. The molecule has 2 amide bonds. The van der Waals surface area contributed by atoms with E-state index in [0.717, 1.165) is 57.4 Å². The molecule has 1 aromatic heterocycles. The molecule has 7 heteroatoms. The van der Waals surface area contributed by atoms with Crippen molar-refractivity contribution in [2.45, 2.75) is 45.4 Å². The van der Waals surface area contributed by atoms with Crippen LogP contribution in [0.25, 0.3) is 11.3 Å². The number of rotatable bonds is 5. The van der Waals surface area contributed by atoms with Crippen LogP contribution >= 0.6 is 0 Å². The molecule has 0 aliphatic carbocycles. The predicted molar refractivity (Wildman–Crippen MR) is 120 cm³/mol. The predicted octanol–water partition coefficient (Wildman–Crippen LogP) is 3.70. The highest BCUT2D eigenvalue weighted by molar-refractivity contribution is 5.91. The van der Waals surface area contributed by atoms with Crippen LogP contribution in [-0.2, 0) is 9.59 Å². The zero-order valence-corrected chi connectivity index (χ0v) is 18.3. The molecule has 0 atom stereocenters. The Hall–Kier alpha value is -2.67. The van der Waals surface area contributed by atoms with Crippen molar-refractivity contribution in [1.82, 2.24) is 15.0 Å². The van der Waals surface area contributed by atoms with Crippen LogP contribution in [0.15, 0.2) is 34.9 Å². The molecule has 1 N–H and O–H groups in total. The molecule has 2 saturated heterocycles. The fourth-order valence-corrected chi connectivity index (χ4v) is 4.46. The van der Waals surface area contributed by atoms with E-state index in [-0.39, 0.29) is 11.8 Å². The summed E-state index contributed by atoms with van der Waals surface area (Å²) in [5.74, 6) is 0.649. The third kappa shape index (κ3) is 5.73. The van der Waals surface area contributed by atoms with Crippen LogP contribution in [-0.4, -0.2) is 59.5 Å². The Kier molecular flexibility index (Phi) is 7.02. The van der Waals surface area contributed by atoms with Crippen LogP contribution in [0.2, 0.25) is 0 Å². The average Bonchev–Trinajstić information content (AvgIpc) is 3.06. The van der Waals surface area contributed by atoms with Crippen LogP contribution in [0.5, 0.6) is 0 Å². The van der Waals surface area contributed by atoms with Gasteiger partial charge in [0, 0.05) is 30.6 Å². The number of carbonyl (C=O) groups is 2. The zero-order valence-electron chi connectivity index (χ0n) is 18.3. The quantitative estimate of drug-likeness (QED) is 0.792. The number of nitrogens with one attached hydrogen (secondary N) is 1. The van der Waals surface area contributed by atoms with Crippen LogP contribution in [0.4, 0.5) is 5.88 Å². The second kappa shape index (κ2) is 10.1. The molecular formula is C24H32N4O3. The summed E-state index contributed by atoms with van der Waals surface area (Å²) in [6.45, 7) is 5.68. The molecule has 3 heterocycles. The Morgan fingerprint density at radius 2 is 1.71 bits per heavy atom. The third-order valence-corrected chi connectivity index (χ3v) is 6.34. The Balaban J connectivity index is 1.23. The number of carbonyl (C=O) groups excluding carboxylic acids is 2. The first-order valence-electron chi connectivity index (χ1n) is 11.4. The van der Waals surface area contributed by atoms with Gasteiger partial charge in [0.25, 0.3) is 0 Å². The number of likely N-dealkylation sites (tertiary alicyclic amines) is 2. The molecule has 2 aliphatic heterocycles. The number of amides is 2. The highest BCUT2D eigenvalue weighted by Crippen LogP contribution is 2.23. The van der Waals surface area contributed by atoms with Gasteiger partial charge >= 0.3 is 0 Å². The molecule has 0 radical (unpaired) electrons. The van der Waals surface area contributed by atoms with Gasteiger partial charge in [-0.15, -0.1) is 0 Å². The molecule has 7 nitrogen and oxygen atoms in total. The van der Waals surface area contributed by atoms with E-state index >= 15 is 0 Å². The highest BCUT2D eigenvalue weighted by Gasteiger charge is 2.29. The fraction of sp³-hybridized carbons (Fsp3) is 0.542. The molecule has 2 fully saturated rings. The van der Waals surface area contributed by atoms with Crippen molar-refractivity contribution in [3.63, 3.8) is 0 Å². The van der Waals surface area contributed by atoms with E-state index < -0.39 is 0 Å². The Labute approximate surface area is 183 Å². The number of benzene rings is 1. The first-order valence-corrected chi connectivity index (χ1v) is 11.4. The van der Waals surface area contributed by atoms with Crippen molar-refractivity contribution in [2.75, 3.05) is 38.0 Å². The van der Waals surface area contributed by atoms with Crippen molar-refractivity contribution in [3.05, 3.63) is 35.9 Å². The standard InChI is InChI=1S/C24H32N4O3/c1-18-6-8-19(9-7-18)21-16-23(31-26-21)25-22(29)17-27-14-10-20(11-15-27)24(30)28-12-4-2-3-5-13-28/h6-9,16,20H,2-5,10-15,17H2,1H3,(H,25,29). The summed E-state index contributed by atoms with van der Waals surface area (Å²) in [6.07, 6.45) is 6.35. The van der Waals surface area contributed by atoms with Gasteiger partial charge < -0.3 is 9.42 Å². The van der Waals surface area contributed by atoms with E-state index in [9.17, 15) is 9.59 Å². The molecule has 0 bridgehead atoms. The maximum Gasteiger partial charge on any atom is 0.240 e. The number of aryl methyl sites for hydroxylation is 1. The number of anilines is 1. The average molecular weight is 425 g/mol. The van der Waals surface area contributed by atoms with Crippen molar-refractivity contribution in [1.29, 1.82) is 0 Å². The van der Waals surface area contributed by atoms with E-state index in [2.05, 4.69) is 20.3 Å². The van der Waals surface area contributed by atoms with Gasteiger partial charge in [-0.2, -0.15) is 0 Å². The fourth-order valence-electron chi connectivity index (χ4n) is 4.46. The summed E-state index contributed by atoms with van der Waals surface area (Å²) in [5.41, 5.74) is 2.83. The molecule has 0 spiro atoms. The minimum Gasteiger partial charge on any atom is -0.342 e. The van der Waals surface area contributed by atoms with Crippen molar-refractivity contribution >= 4 is 17.7 Å². The summed E-state index contributed by atoms with van der Waals surface area (Å²) >= 11 is 0. The van der Waals surface area contributed by atoms with Crippen molar-refractivity contribution < 1.29 is 14.1 Å². The number of nitrogens with zero attached hydrogens (tertiary/aromatic N) is 3. The molecule has 1 aromatic carbocycles. The smallest absolute Gasteiger partial charge is 0.240 e. The zero-order chi connectivity index (χ0) is 21.6. The number of hydrogen-bond acceptors (Lipinski definition) is 5. The summed E-state index contributed by atoms with van der Waals surface area (Å²) < 4.78 is 5.28. The van der Waals surface area contributed by atoms with Crippen LogP contribution in [0.1, 0.15) is 44.1 Å². The van der Waals surface area contributed by atoms with Crippen molar-refractivity contribution in [3.8, 4) is 11.3 Å². The Morgan fingerprint density at radius 1 is 1.03 bits per heavy atom. The minimum atomic E-state index is -0.121. The molecule has 0 unspecified atom stereocenters. The first kappa shape index (κ1) is 21.6. The van der Waals surface area contributed by atoms with Gasteiger partial charge in [-0.1, -0.05) is 47.8 Å². The van der Waals surface area contributed by atoms with E-state index in [1.807, 2.05) is 31.2 Å². The second-order valence-electron chi connectivity index (χ2n) is 8.78. The van der Waals surface area contributed by atoms with Gasteiger partial charge in [-0.25, -0.2) is 0 Å².